The number of nitrogen functional groups attached to an aromatic ring is 1. The number of anilines is 1. The van der Waals surface area contributed by atoms with Gasteiger partial charge >= 0.3 is 0 Å². The molecule has 0 bridgehead atoms. The lowest BCUT2D eigenvalue weighted by Gasteiger charge is -2.09. The van der Waals surface area contributed by atoms with Crippen LogP contribution in [0.4, 0.5) is 11.4 Å². The maximum Gasteiger partial charge on any atom is 0.269 e. The van der Waals surface area contributed by atoms with Gasteiger partial charge in [0.15, 0.2) is 0 Å². The van der Waals surface area contributed by atoms with Gasteiger partial charge in [-0.05, 0) is 30.2 Å². The largest absolute Gasteiger partial charge is 0.398 e. The number of nitro groups is 1. The number of nitrogens with two attached hydrogens (primary N) is 1. The van der Waals surface area contributed by atoms with Crippen LogP contribution in [0.15, 0.2) is 42.5 Å². The summed E-state index contributed by atoms with van der Waals surface area (Å²) in [6.45, 7) is 1.99. The van der Waals surface area contributed by atoms with E-state index in [1.165, 1.54) is 12.1 Å². The highest BCUT2D eigenvalue weighted by Crippen LogP contribution is 2.16. The van der Waals surface area contributed by atoms with Crippen LogP contribution in [0.2, 0.25) is 0 Å². The highest BCUT2D eigenvalue weighted by Gasteiger charge is 2.11. The molecule has 0 heterocycles. The molecule has 0 radical (unpaired) electrons. The number of benzene rings is 2. The molecule has 108 valence electrons. The van der Waals surface area contributed by atoms with Crippen molar-refractivity contribution < 1.29 is 9.72 Å². The molecular weight excluding hydrogens is 270 g/mol. The maximum atomic E-state index is 12.1. The molecule has 21 heavy (non-hydrogen) atoms. The van der Waals surface area contributed by atoms with Crippen LogP contribution in [0.5, 0.6) is 0 Å². The summed E-state index contributed by atoms with van der Waals surface area (Å²) in [7, 11) is 0. The summed E-state index contributed by atoms with van der Waals surface area (Å²) in [4.78, 5) is 22.3. The smallest absolute Gasteiger partial charge is 0.269 e. The van der Waals surface area contributed by atoms with Gasteiger partial charge in [-0.3, -0.25) is 14.9 Å². The Morgan fingerprint density at radius 1 is 1.29 bits per heavy atom. The Morgan fingerprint density at radius 3 is 2.71 bits per heavy atom. The molecule has 2 aromatic carbocycles. The van der Waals surface area contributed by atoms with E-state index in [9.17, 15) is 14.9 Å². The second-order valence-corrected chi connectivity index (χ2v) is 4.63. The van der Waals surface area contributed by atoms with E-state index in [1.54, 1.807) is 37.3 Å². The van der Waals surface area contributed by atoms with Crippen molar-refractivity contribution in [2.24, 2.45) is 0 Å². The van der Waals surface area contributed by atoms with E-state index in [1.807, 2.05) is 0 Å². The quantitative estimate of drug-likeness (QED) is 0.512. The van der Waals surface area contributed by atoms with Crippen LogP contribution in [0.1, 0.15) is 21.5 Å². The summed E-state index contributed by atoms with van der Waals surface area (Å²) in [6, 6.07) is 11.3. The molecule has 0 aliphatic heterocycles. The van der Waals surface area contributed by atoms with Crippen molar-refractivity contribution in [1.82, 2.24) is 5.32 Å². The highest BCUT2D eigenvalue weighted by atomic mass is 16.6. The highest BCUT2D eigenvalue weighted by molar-refractivity contribution is 5.96. The van der Waals surface area contributed by atoms with Crippen LogP contribution in [-0.2, 0) is 6.54 Å². The fraction of sp³-hybridized carbons (Fsp3) is 0.133. The molecule has 0 aromatic heterocycles. The van der Waals surface area contributed by atoms with Crippen molar-refractivity contribution in [3.63, 3.8) is 0 Å². The van der Waals surface area contributed by atoms with Crippen molar-refractivity contribution in [2.75, 3.05) is 5.73 Å². The normalized spacial score (nSPS) is 10.1. The molecule has 6 heteroatoms. The van der Waals surface area contributed by atoms with E-state index in [2.05, 4.69) is 5.32 Å². The fourth-order valence-electron chi connectivity index (χ4n) is 1.96. The molecule has 0 spiro atoms. The minimum absolute atomic E-state index is 0.00175. The number of hydrogen-bond donors (Lipinski definition) is 2. The summed E-state index contributed by atoms with van der Waals surface area (Å²) in [5, 5.41) is 13.4. The Balaban J connectivity index is 2.09. The first-order chi connectivity index (χ1) is 9.99. The molecule has 0 aliphatic carbocycles. The minimum Gasteiger partial charge on any atom is -0.398 e. The summed E-state index contributed by atoms with van der Waals surface area (Å²) in [6.07, 6.45) is 0. The van der Waals surface area contributed by atoms with E-state index in [0.29, 0.717) is 22.4 Å². The van der Waals surface area contributed by atoms with Crippen LogP contribution >= 0.6 is 0 Å². The Kier molecular flexibility index (Phi) is 4.18. The minimum atomic E-state index is -0.465. The van der Waals surface area contributed by atoms with Crippen molar-refractivity contribution >= 4 is 17.3 Å². The monoisotopic (exact) mass is 285 g/mol. The van der Waals surface area contributed by atoms with Gasteiger partial charge in [0.25, 0.3) is 11.6 Å². The molecule has 2 aromatic rings. The SMILES string of the molecule is Cc1c(N)cccc1C(=O)NCc1cccc([N+](=O)[O-])c1. The van der Waals surface area contributed by atoms with Crippen LogP contribution in [0, 0.1) is 17.0 Å². The first-order valence-electron chi connectivity index (χ1n) is 6.35. The lowest BCUT2D eigenvalue weighted by molar-refractivity contribution is -0.384. The number of non-ortho nitro benzene ring substituents is 1. The summed E-state index contributed by atoms with van der Waals surface area (Å²) < 4.78 is 0. The topological polar surface area (TPSA) is 98.3 Å². The number of carbonyl (C=O) groups excluding carboxylic acids is 1. The van der Waals surface area contributed by atoms with Gasteiger partial charge in [-0.25, -0.2) is 0 Å². The third-order valence-corrected chi connectivity index (χ3v) is 3.19. The third-order valence-electron chi connectivity index (χ3n) is 3.19. The summed E-state index contributed by atoms with van der Waals surface area (Å²) in [5.74, 6) is -0.258. The van der Waals surface area contributed by atoms with Crippen LogP contribution in [0.3, 0.4) is 0 Å². The van der Waals surface area contributed by atoms with Crippen LogP contribution in [0.25, 0.3) is 0 Å². The van der Waals surface area contributed by atoms with Gasteiger partial charge in [0, 0.05) is 29.9 Å². The molecule has 0 atom stereocenters. The second kappa shape index (κ2) is 6.04. The Morgan fingerprint density at radius 2 is 2.00 bits per heavy atom. The van der Waals surface area contributed by atoms with Gasteiger partial charge in [0.2, 0.25) is 0 Å². The van der Waals surface area contributed by atoms with E-state index < -0.39 is 4.92 Å². The Bertz CT molecular complexity index is 698. The van der Waals surface area contributed by atoms with Crippen LogP contribution in [-0.4, -0.2) is 10.8 Å². The van der Waals surface area contributed by atoms with Crippen LogP contribution < -0.4 is 11.1 Å². The molecule has 1 amide bonds. The summed E-state index contributed by atoms with van der Waals surface area (Å²) >= 11 is 0. The van der Waals surface area contributed by atoms with Gasteiger partial charge in [0.1, 0.15) is 0 Å². The lowest BCUT2D eigenvalue weighted by Crippen LogP contribution is -2.23. The van der Waals surface area contributed by atoms with E-state index in [4.69, 9.17) is 5.73 Å². The zero-order valence-electron chi connectivity index (χ0n) is 11.5. The first-order valence-corrected chi connectivity index (χ1v) is 6.35. The van der Waals surface area contributed by atoms with E-state index in [0.717, 1.165) is 0 Å². The lowest BCUT2D eigenvalue weighted by atomic mass is 10.1. The molecular formula is C15H15N3O3. The average molecular weight is 285 g/mol. The zero-order valence-corrected chi connectivity index (χ0v) is 11.5. The third kappa shape index (κ3) is 3.36. The van der Waals surface area contributed by atoms with Crippen molar-refractivity contribution in [2.45, 2.75) is 13.5 Å². The average Bonchev–Trinajstić information content (AvgIpc) is 2.48. The fourth-order valence-corrected chi connectivity index (χ4v) is 1.96. The molecule has 0 fully saturated rings. The van der Waals surface area contributed by atoms with Gasteiger partial charge in [-0.2, -0.15) is 0 Å². The zero-order chi connectivity index (χ0) is 15.4. The molecule has 0 saturated carbocycles. The van der Waals surface area contributed by atoms with Gasteiger partial charge in [0.05, 0.1) is 4.92 Å². The molecule has 3 N–H and O–H groups in total. The molecule has 0 aliphatic rings. The molecule has 0 saturated heterocycles. The standard InChI is InChI=1S/C15H15N3O3/c1-10-13(6-3-7-14(10)16)15(19)17-9-11-4-2-5-12(8-11)18(20)21/h2-8H,9,16H2,1H3,(H,17,19). The van der Waals surface area contributed by atoms with Crippen molar-refractivity contribution in [3.05, 3.63) is 69.3 Å². The van der Waals surface area contributed by atoms with Crippen molar-refractivity contribution in [1.29, 1.82) is 0 Å². The van der Waals surface area contributed by atoms with Gasteiger partial charge < -0.3 is 11.1 Å². The first kappa shape index (κ1) is 14.5. The molecule has 6 nitrogen and oxygen atoms in total. The predicted octanol–water partition coefficient (Wildman–Crippen LogP) is 2.42. The number of nitrogens with one attached hydrogen (secondary N) is 1. The second-order valence-electron chi connectivity index (χ2n) is 4.63. The number of hydrogen-bond acceptors (Lipinski definition) is 4. The van der Waals surface area contributed by atoms with Gasteiger partial charge in [-0.1, -0.05) is 18.2 Å². The van der Waals surface area contributed by atoms with E-state index in [-0.39, 0.29) is 18.1 Å². The maximum absolute atomic E-state index is 12.1. The number of nitro benzene ring substituents is 1. The predicted molar refractivity (Wildman–Crippen MR) is 79.9 cm³/mol. The van der Waals surface area contributed by atoms with E-state index >= 15 is 0 Å². The number of carbonyl (C=O) groups is 1. The molecule has 2 rings (SSSR count). The number of rotatable bonds is 4. The Labute approximate surface area is 121 Å². The number of amides is 1. The molecule has 0 unspecified atom stereocenters. The number of nitrogens with zero attached hydrogens (tertiary/aromatic N) is 1. The summed E-state index contributed by atoms with van der Waals surface area (Å²) in [5.41, 5.74) is 8.20. The van der Waals surface area contributed by atoms with Gasteiger partial charge in [-0.15, -0.1) is 0 Å². The van der Waals surface area contributed by atoms with Crippen molar-refractivity contribution in [3.8, 4) is 0 Å². The Hall–Kier alpha value is -2.89.